The molecule has 1 aliphatic rings. The second-order valence-electron chi connectivity index (χ2n) is 5.27. The molecule has 3 rings (SSSR count). The van der Waals surface area contributed by atoms with Crippen LogP contribution in [-0.2, 0) is 16.1 Å². The first-order chi connectivity index (χ1) is 10.1. The smallest absolute Gasteiger partial charge is 0.222 e. The van der Waals surface area contributed by atoms with Crippen molar-refractivity contribution in [2.75, 3.05) is 4.90 Å². The van der Waals surface area contributed by atoms with Gasteiger partial charge in [0.05, 0.1) is 0 Å². The Morgan fingerprint density at radius 3 is 2.62 bits per heavy atom. The Labute approximate surface area is 129 Å². The highest BCUT2D eigenvalue weighted by molar-refractivity contribution is 7.80. The molecule has 0 bridgehead atoms. The Balaban J connectivity index is 2.07. The monoisotopic (exact) mass is 297 g/mol. The van der Waals surface area contributed by atoms with Gasteiger partial charge in [0.2, 0.25) is 5.78 Å². The first-order valence-corrected chi connectivity index (χ1v) is 7.19. The Kier molecular flexibility index (Phi) is 3.55. The number of ketones is 1. The zero-order valence-corrected chi connectivity index (χ0v) is 12.5. The molecule has 0 fully saturated rings. The molecule has 1 atom stereocenters. The van der Waals surface area contributed by atoms with Crippen LogP contribution >= 0.6 is 12.6 Å². The van der Waals surface area contributed by atoms with E-state index in [2.05, 4.69) is 12.6 Å². The third-order valence-corrected chi connectivity index (χ3v) is 4.11. The van der Waals surface area contributed by atoms with Gasteiger partial charge < -0.3 is 4.90 Å². The fourth-order valence-electron chi connectivity index (χ4n) is 2.81. The van der Waals surface area contributed by atoms with Gasteiger partial charge in [0.15, 0.2) is 6.29 Å². The topological polar surface area (TPSA) is 37.4 Å². The molecule has 1 unspecified atom stereocenters. The number of aryl methyl sites for hydroxylation is 1. The van der Waals surface area contributed by atoms with E-state index < -0.39 is 11.8 Å². The fourth-order valence-corrected chi connectivity index (χ4v) is 2.96. The van der Waals surface area contributed by atoms with Crippen molar-refractivity contribution in [3.63, 3.8) is 0 Å². The minimum Gasteiger partial charge on any atom is -0.353 e. The van der Waals surface area contributed by atoms with Gasteiger partial charge >= 0.3 is 0 Å². The molecule has 0 aromatic heterocycles. The van der Waals surface area contributed by atoms with Crippen LogP contribution in [0.1, 0.15) is 22.7 Å². The first-order valence-electron chi connectivity index (χ1n) is 6.74. The van der Waals surface area contributed by atoms with Crippen LogP contribution in [0.15, 0.2) is 47.4 Å². The van der Waals surface area contributed by atoms with Crippen LogP contribution in [0, 0.1) is 6.92 Å². The third-order valence-electron chi connectivity index (χ3n) is 3.82. The molecule has 0 saturated carbocycles. The van der Waals surface area contributed by atoms with Gasteiger partial charge in [0, 0.05) is 17.1 Å². The molecule has 0 aliphatic carbocycles. The van der Waals surface area contributed by atoms with Crippen molar-refractivity contribution in [1.29, 1.82) is 0 Å². The normalized spacial score (nSPS) is 16.7. The Hall–Kier alpha value is -2.07. The lowest BCUT2D eigenvalue weighted by atomic mass is 9.99. The van der Waals surface area contributed by atoms with Gasteiger partial charge in [-0.2, -0.15) is 0 Å². The van der Waals surface area contributed by atoms with Gasteiger partial charge in [-0.15, -0.1) is 12.6 Å². The van der Waals surface area contributed by atoms with E-state index in [-0.39, 0.29) is 0 Å². The molecular formula is C17H15NO2S. The summed E-state index contributed by atoms with van der Waals surface area (Å²) in [6, 6.07) is 13.1. The molecule has 1 heterocycles. The summed E-state index contributed by atoms with van der Waals surface area (Å²) >= 11 is 4.28. The minimum atomic E-state index is -0.525. The molecule has 0 N–H and O–H groups in total. The molecule has 4 heteroatoms. The molecule has 0 spiro atoms. The number of thiol groups is 1. The highest BCUT2D eigenvalue weighted by Gasteiger charge is 2.35. The van der Waals surface area contributed by atoms with Crippen molar-refractivity contribution >= 4 is 30.4 Å². The van der Waals surface area contributed by atoms with E-state index in [0.29, 0.717) is 12.8 Å². The quantitative estimate of drug-likeness (QED) is 0.537. The first kappa shape index (κ1) is 13.9. The Bertz CT molecular complexity index is 709. The predicted molar refractivity (Wildman–Crippen MR) is 84.9 cm³/mol. The maximum absolute atomic E-state index is 12.1. The number of fused-ring (bicyclic) bond motifs is 1. The van der Waals surface area contributed by atoms with E-state index in [0.717, 1.165) is 27.3 Å². The number of Topliss-reactive ketones (excluding diaryl/α,β-unsaturated/α-hetero) is 1. The van der Waals surface area contributed by atoms with Crippen LogP contribution in [0.2, 0.25) is 0 Å². The molecular weight excluding hydrogens is 282 g/mol. The van der Waals surface area contributed by atoms with Crippen LogP contribution in [-0.4, -0.2) is 12.1 Å². The summed E-state index contributed by atoms with van der Waals surface area (Å²) in [5.41, 5.74) is 4.03. The number of aldehydes is 1. The van der Waals surface area contributed by atoms with E-state index in [9.17, 15) is 9.59 Å². The lowest BCUT2D eigenvalue weighted by Gasteiger charge is -2.25. The van der Waals surface area contributed by atoms with Crippen molar-refractivity contribution < 1.29 is 9.59 Å². The van der Waals surface area contributed by atoms with Crippen LogP contribution in [0.3, 0.4) is 0 Å². The van der Waals surface area contributed by atoms with E-state index >= 15 is 0 Å². The molecule has 0 amide bonds. The maximum Gasteiger partial charge on any atom is 0.222 e. The van der Waals surface area contributed by atoms with Gasteiger partial charge in [-0.3, -0.25) is 9.59 Å². The number of rotatable bonds is 3. The van der Waals surface area contributed by atoms with Crippen LogP contribution in [0.5, 0.6) is 0 Å². The standard InChI is InChI=1S/C17H15NO2S/c1-11-2-3-12-9-18(13-4-6-14(21)7-5-13)17(15(12)8-11)16(20)10-19/h2-8,10,17,21H,9H2,1H3. The number of benzene rings is 2. The third kappa shape index (κ3) is 2.47. The van der Waals surface area contributed by atoms with Gasteiger partial charge in [-0.05, 0) is 42.3 Å². The fraction of sp³-hybridized carbons (Fsp3) is 0.176. The molecule has 1 aliphatic heterocycles. The summed E-state index contributed by atoms with van der Waals surface area (Å²) in [5.74, 6) is -0.408. The second kappa shape index (κ2) is 5.37. The highest BCUT2D eigenvalue weighted by Crippen LogP contribution is 2.38. The minimum absolute atomic E-state index is 0.408. The van der Waals surface area contributed by atoms with Crippen molar-refractivity contribution in [3.05, 3.63) is 59.2 Å². The highest BCUT2D eigenvalue weighted by atomic mass is 32.1. The van der Waals surface area contributed by atoms with E-state index in [1.165, 1.54) is 0 Å². The van der Waals surface area contributed by atoms with Crippen LogP contribution < -0.4 is 4.90 Å². The zero-order valence-electron chi connectivity index (χ0n) is 11.6. The number of hydrogen-bond acceptors (Lipinski definition) is 4. The predicted octanol–water partition coefficient (Wildman–Crippen LogP) is 3.11. The van der Waals surface area contributed by atoms with Crippen molar-refractivity contribution in [2.24, 2.45) is 0 Å². The summed E-state index contributed by atoms with van der Waals surface area (Å²) in [7, 11) is 0. The van der Waals surface area contributed by atoms with E-state index in [1.807, 2.05) is 54.3 Å². The summed E-state index contributed by atoms with van der Waals surface area (Å²) in [6.07, 6.45) is 0.419. The number of carbonyl (C=O) groups excluding carboxylic acids is 2. The van der Waals surface area contributed by atoms with E-state index in [4.69, 9.17) is 0 Å². The summed E-state index contributed by atoms with van der Waals surface area (Å²) < 4.78 is 0. The van der Waals surface area contributed by atoms with Gasteiger partial charge in [0.25, 0.3) is 0 Å². The van der Waals surface area contributed by atoms with Crippen molar-refractivity contribution in [1.82, 2.24) is 0 Å². The molecule has 0 radical (unpaired) electrons. The molecule has 2 aromatic rings. The lowest BCUT2D eigenvalue weighted by molar-refractivity contribution is -0.130. The SMILES string of the molecule is Cc1ccc2c(c1)C(C(=O)C=O)N(c1ccc(S)cc1)C2. The second-order valence-corrected chi connectivity index (χ2v) is 5.79. The molecule has 106 valence electrons. The van der Waals surface area contributed by atoms with Gasteiger partial charge in [-0.25, -0.2) is 0 Å². The molecule has 3 nitrogen and oxygen atoms in total. The summed E-state index contributed by atoms with van der Waals surface area (Å²) in [4.78, 5) is 26.0. The van der Waals surface area contributed by atoms with Crippen molar-refractivity contribution in [3.8, 4) is 0 Å². The largest absolute Gasteiger partial charge is 0.353 e. The van der Waals surface area contributed by atoms with Gasteiger partial charge in [-0.1, -0.05) is 23.8 Å². The zero-order chi connectivity index (χ0) is 15.0. The van der Waals surface area contributed by atoms with Crippen LogP contribution in [0.25, 0.3) is 0 Å². The average Bonchev–Trinajstić information content (AvgIpc) is 2.85. The number of carbonyl (C=O) groups is 2. The van der Waals surface area contributed by atoms with E-state index in [1.54, 1.807) is 0 Å². The number of hydrogen-bond donors (Lipinski definition) is 1. The lowest BCUT2D eigenvalue weighted by Crippen LogP contribution is -2.28. The number of anilines is 1. The summed E-state index contributed by atoms with van der Waals surface area (Å²) in [6.45, 7) is 2.62. The maximum atomic E-state index is 12.1. The summed E-state index contributed by atoms with van der Waals surface area (Å²) in [5, 5.41) is 0. The van der Waals surface area contributed by atoms with Gasteiger partial charge in [0.1, 0.15) is 6.04 Å². The molecule has 0 saturated heterocycles. The van der Waals surface area contributed by atoms with Crippen LogP contribution in [0.4, 0.5) is 5.69 Å². The molecule has 2 aromatic carbocycles. The Morgan fingerprint density at radius 1 is 1.24 bits per heavy atom. The Morgan fingerprint density at radius 2 is 1.95 bits per heavy atom. The van der Waals surface area contributed by atoms with Crippen molar-refractivity contribution in [2.45, 2.75) is 24.4 Å². The average molecular weight is 297 g/mol. The molecule has 21 heavy (non-hydrogen) atoms. The number of nitrogens with zero attached hydrogens (tertiary/aromatic N) is 1.